The molecule has 2 atom stereocenters. The van der Waals surface area contributed by atoms with Crippen molar-refractivity contribution in [1.29, 1.82) is 0 Å². The van der Waals surface area contributed by atoms with Crippen LogP contribution in [0.3, 0.4) is 0 Å². The fourth-order valence-electron chi connectivity index (χ4n) is 2.96. The van der Waals surface area contributed by atoms with E-state index < -0.39 is 48.2 Å². The summed E-state index contributed by atoms with van der Waals surface area (Å²) in [6.45, 7) is 5.75. The Bertz CT molecular complexity index is 722. The van der Waals surface area contributed by atoms with E-state index in [-0.39, 0.29) is 44.2 Å². The van der Waals surface area contributed by atoms with Crippen LogP contribution in [0.1, 0.15) is 52.9 Å². The van der Waals surface area contributed by atoms with Crippen LogP contribution in [0.25, 0.3) is 0 Å². The number of imide groups is 1. The minimum Gasteiger partial charge on any atom is -0.481 e. The number of carboxylic acids is 2. The molecule has 0 rings (SSSR count). The van der Waals surface area contributed by atoms with Crippen LogP contribution in [0.15, 0.2) is 4.99 Å². The van der Waals surface area contributed by atoms with E-state index in [1.165, 1.54) is 0 Å². The molecule has 0 aromatic carbocycles. The van der Waals surface area contributed by atoms with Crippen LogP contribution in [0.4, 0.5) is 0 Å². The van der Waals surface area contributed by atoms with Gasteiger partial charge in [-0.15, -0.1) is 0 Å². The van der Waals surface area contributed by atoms with Crippen molar-refractivity contribution in [3.63, 3.8) is 0 Å². The number of guanidine groups is 1. The summed E-state index contributed by atoms with van der Waals surface area (Å²) < 4.78 is 0. The SMILES string of the molecule is CCNCC(=O)N[C@@H](CC(=O)O)C(=O)N(C(=O)CCCCN=C(N)N)[C@@H](CC(C)C)C(=O)O. The molecule has 33 heavy (non-hydrogen) atoms. The second-order valence-corrected chi connectivity index (χ2v) is 7.85. The summed E-state index contributed by atoms with van der Waals surface area (Å²) in [6.07, 6.45) is -0.348. The number of carbonyl (C=O) groups excluding carboxylic acids is 3. The number of hydrogen-bond acceptors (Lipinski definition) is 7. The lowest BCUT2D eigenvalue weighted by atomic mass is 10.00. The third-order valence-corrected chi connectivity index (χ3v) is 4.44. The van der Waals surface area contributed by atoms with Crippen molar-refractivity contribution >= 4 is 35.6 Å². The minimum atomic E-state index is -1.60. The molecule has 0 saturated carbocycles. The molecule has 13 heteroatoms. The van der Waals surface area contributed by atoms with E-state index in [1.807, 2.05) is 0 Å². The van der Waals surface area contributed by atoms with Crippen molar-refractivity contribution < 1.29 is 34.2 Å². The number of nitrogens with one attached hydrogen (secondary N) is 2. The number of amides is 3. The highest BCUT2D eigenvalue weighted by Crippen LogP contribution is 2.17. The van der Waals surface area contributed by atoms with E-state index in [0.29, 0.717) is 17.9 Å². The average Bonchev–Trinajstić information content (AvgIpc) is 2.69. The van der Waals surface area contributed by atoms with Crippen molar-refractivity contribution in [2.45, 2.75) is 65.0 Å². The van der Waals surface area contributed by atoms with E-state index in [1.54, 1.807) is 20.8 Å². The molecule has 0 radical (unpaired) electrons. The molecule has 0 bridgehead atoms. The van der Waals surface area contributed by atoms with Crippen molar-refractivity contribution in [3.8, 4) is 0 Å². The monoisotopic (exact) mass is 472 g/mol. The van der Waals surface area contributed by atoms with Crippen LogP contribution in [0.5, 0.6) is 0 Å². The van der Waals surface area contributed by atoms with Crippen molar-refractivity contribution in [2.24, 2.45) is 22.4 Å². The van der Waals surface area contributed by atoms with Gasteiger partial charge >= 0.3 is 11.9 Å². The summed E-state index contributed by atoms with van der Waals surface area (Å²) in [6, 6.07) is -3.11. The van der Waals surface area contributed by atoms with Crippen molar-refractivity contribution in [2.75, 3.05) is 19.6 Å². The first kappa shape index (κ1) is 29.8. The Morgan fingerprint density at radius 3 is 2.18 bits per heavy atom. The lowest BCUT2D eigenvalue weighted by Crippen LogP contribution is -2.57. The maximum absolute atomic E-state index is 13.2. The molecular weight excluding hydrogens is 436 g/mol. The van der Waals surface area contributed by atoms with Gasteiger partial charge in [0.05, 0.1) is 13.0 Å². The van der Waals surface area contributed by atoms with Crippen LogP contribution in [-0.4, -0.2) is 82.5 Å². The Hall–Kier alpha value is -3.22. The number of carbonyl (C=O) groups is 5. The van der Waals surface area contributed by atoms with Gasteiger partial charge in [-0.2, -0.15) is 0 Å². The van der Waals surface area contributed by atoms with Gasteiger partial charge < -0.3 is 32.3 Å². The first-order valence-electron chi connectivity index (χ1n) is 10.8. The number of rotatable bonds is 16. The highest BCUT2D eigenvalue weighted by molar-refractivity contribution is 6.03. The molecule has 0 fully saturated rings. The largest absolute Gasteiger partial charge is 0.481 e. The molecule has 0 aliphatic heterocycles. The molecule has 0 aromatic rings. The van der Waals surface area contributed by atoms with Gasteiger partial charge in [0, 0.05) is 13.0 Å². The molecule has 13 nitrogen and oxygen atoms in total. The number of nitrogens with zero attached hydrogens (tertiary/aromatic N) is 2. The van der Waals surface area contributed by atoms with Gasteiger partial charge in [-0.3, -0.25) is 29.1 Å². The van der Waals surface area contributed by atoms with Crippen LogP contribution >= 0.6 is 0 Å². The number of likely N-dealkylation sites (N-methyl/N-ethyl adjacent to an activating group) is 1. The predicted molar refractivity (Wildman–Crippen MR) is 120 cm³/mol. The zero-order chi connectivity index (χ0) is 25.6. The fourth-order valence-corrected chi connectivity index (χ4v) is 2.96. The van der Waals surface area contributed by atoms with Gasteiger partial charge in [0.15, 0.2) is 5.96 Å². The normalized spacial score (nSPS) is 12.5. The molecule has 188 valence electrons. The smallest absolute Gasteiger partial charge is 0.326 e. The molecule has 0 saturated heterocycles. The average molecular weight is 473 g/mol. The minimum absolute atomic E-state index is 0.0358. The summed E-state index contributed by atoms with van der Waals surface area (Å²) in [5.74, 6) is -5.60. The van der Waals surface area contributed by atoms with E-state index in [2.05, 4.69) is 15.6 Å². The molecular formula is C20H36N6O7. The van der Waals surface area contributed by atoms with Crippen LogP contribution < -0.4 is 22.1 Å². The van der Waals surface area contributed by atoms with E-state index in [0.717, 1.165) is 0 Å². The number of aliphatic imine (C=N–C) groups is 1. The Morgan fingerprint density at radius 1 is 1.06 bits per heavy atom. The molecule has 0 aliphatic carbocycles. The number of hydrogen-bond donors (Lipinski definition) is 6. The Kier molecular flexibility index (Phi) is 14.0. The third-order valence-electron chi connectivity index (χ3n) is 4.44. The highest BCUT2D eigenvalue weighted by Gasteiger charge is 2.39. The van der Waals surface area contributed by atoms with E-state index in [9.17, 15) is 34.2 Å². The van der Waals surface area contributed by atoms with Crippen LogP contribution in [0.2, 0.25) is 0 Å². The summed E-state index contributed by atoms with van der Waals surface area (Å²) in [5.41, 5.74) is 10.5. The van der Waals surface area contributed by atoms with Gasteiger partial charge in [0.2, 0.25) is 11.8 Å². The lowest BCUT2D eigenvalue weighted by Gasteiger charge is -2.31. The van der Waals surface area contributed by atoms with Crippen LogP contribution in [0, 0.1) is 5.92 Å². The zero-order valence-electron chi connectivity index (χ0n) is 19.4. The number of nitrogens with two attached hydrogens (primary N) is 2. The topological polar surface area (TPSA) is 218 Å². The summed E-state index contributed by atoms with van der Waals surface area (Å²) in [5, 5.41) is 24.0. The second-order valence-electron chi connectivity index (χ2n) is 7.85. The molecule has 0 spiro atoms. The predicted octanol–water partition coefficient (Wildman–Crippen LogP) is -1.15. The number of carboxylic acid groups (broad SMARTS) is 2. The summed E-state index contributed by atoms with van der Waals surface area (Å²) in [7, 11) is 0. The Labute approximate surface area is 193 Å². The molecule has 0 aliphatic rings. The van der Waals surface area contributed by atoms with Gasteiger partial charge in [0.1, 0.15) is 12.1 Å². The van der Waals surface area contributed by atoms with Crippen molar-refractivity contribution in [1.82, 2.24) is 15.5 Å². The van der Waals surface area contributed by atoms with Gasteiger partial charge in [0.25, 0.3) is 5.91 Å². The number of unbranched alkanes of at least 4 members (excludes halogenated alkanes) is 1. The second kappa shape index (κ2) is 15.6. The molecule has 0 heterocycles. The number of aliphatic carboxylic acids is 2. The van der Waals surface area contributed by atoms with Crippen molar-refractivity contribution in [3.05, 3.63) is 0 Å². The first-order valence-corrected chi connectivity index (χ1v) is 10.8. The zero-order valence-corrected chi connectivity index (χ0v) is 19.4. The summed E-state index contributed by atoms with van der Waals surface area (Å²) >= 11 is 0. The van der Waals surface area contributed by atoms with Gasteiger partial charge in [-0.1, -0.05) is 20.8 Å². The standard InChI is InChI=1S/C20H36N6O7/c1-4-23-11-15(27)25-13(10-17(29)30)18(31)26(14(19(32)33)9-12(2)3)16(28)7-5-6-8-24-20(21)22/h12-14,23H,4-11H2,1-3H3,(H,25,27)(H,29,30)(H,32,33)(H4,21,22,24)/t13-,14-/m0/s1. The van der Waals surface area contributed by atoms with E-state index in [4.69, 9.17) is 11.5 Å². The molecule has 0 aromatic heterocycles. The molecule has 8 N–H and O–H groups in total. The first-order chi connectivity index (χ1) is 15.4. The maximum atomic E-state index is 13.2. The molecule has 0 unspecified atom stereocenters. The highest BCUT2D eigenvalue weighted by atomic mass is 16.4. The fraction of sp³-hybridized carbons (Fsp3) is 0.700. The van der Waals surface area contributed by atoms with Gasteiger partial charge in [-0.05, 0) is 31.7 Å². The lowest BCUT2D eigenvalue weighted by molar-refractivity contribution is -0.161. The Balaban J connectivity index is 5.81. The van der Waals surface area contributed by atoms with Gasteiger partial charge in [-0.25, -0.2) is 4.79 Å². The van der Waals surface area contributed by atoms with Crippen LogP contribution in [-0.2, 0) is 24.0 Å². The summed E-state index contributed by atoms with van der Waals surface area (Å²) in [4.78, 5) is 65.9. The Morgan fingerprint density at radius 2 is 1.70 bits per heavy atom. The van der Waals surface area contributed by atoms with E-state index >= 15 is 0 Å². The third kappa shape index (κ3) is 12.4. The molecule has 3 amide bonds. The maximum Gasteiger partial charge on any atom is 0.326 e. The quantitative estimate of drug-likeness (QED) is 0.0900.